The molecule has 1 amide bonds. The van der Waals surface area contributed by atoms with Gasteiger partial charge in [-0.3, -0.25) is 4.79 Å². The fourth-order valence-electron chi connectivity index (χ4n) is 5.32. The van der Waals surface area contributed by atoms with Crippen LogP contribution >= 0.6 is 0 Å². The molecule has 2 unspecified atom stereocenters. The number of ketones is 1. The van der Waals surface area contributed by atoms with E-state index in [2.05, 4.69) is 10.3 Å². The second-order valence-electron chi connectivity index (χ2n) is 10.9. The zero-order chi connectivity index (χ0) is 28.2. The molecule has 1 N–H and O–H groups in total. The number of hydrogen-bond acceptors (Lipinski definition) is 7. The van der Waals surface area contributed by atoms with Crippen molar-refractivity contribution in [1.29, 1.82) is 0 Å². The third-order valence-corrected chi connectivity index (χ3v) is 7.07. The van der Waals surface area contributed by atoms with E-state index in [1.54, 1.807) is 32.6 Å². The van der Waals surface area contributed by atoms with Crippen LogP contribution in [0.2, 0.25) is 0 Å². The van der Waals surface area contributed by atoms with Crippen molar-refractivity contribution in [3.63, 3.8) is 0 Å². The van der Waals surface area contributed by atoms with Crippen LogP contribution in [0.15, 0.2) is 35.9 Å². The maximum atomic E-state index is 15.4. The summed E-state index contributed by atoms with van der Waals surface area (Å²) in [7, 11) is 0. The van der Waals surface area contributed by atoms with Gasteiger partial charge in [0.2, 0.25) is 5.78 Å². The van der Waals surface area contributed by atoms with Crippen LogP contribution in [-0.4, -0.2) is 54.2 Å². The second-order valence-corrected chi connectivity index (χ2v) is 10.9. The van der Waals surface area contributed by atoms with E-state index in [9.17, 15) is 23.2 Å². The van der Waals surface area contributed by atoms with Gasteiger partial charge in [-0.05, 0) is 39.8 Å². The van der Waals surface area contributed by atoms with E-state index < -0.39 is 46.8 Å². The molecule has 1 saturated heterocycles. The van der Waals surface area contributed by atoms with E-state index >= 15 is 4.39 Å². The van der Waals surface area contributed by atoms with Crippen LogP contribution in [0.1, 0.15) is 55.2 Å². The summed E-state index contributed by atoms with van der Waals surface area (Å²) in [6.45, 7) is 7.69. The third kappa shape index (κ3) is 5.09. The molecule has 2 heterocycles. The number of fused-ring (bicyclic) bond motifs is 2. The van der Waals surface area contributed by atoms with Gasteiger partial charge in [0.1, 0.15) is 22.8 Å². The Hall–Kier alpha value is -3.89. The number of esters is 1. The van der Waals surface area contributed by atoms with E-state index in [1.807, 2.05) is 0 Å². The van der Waals surface area contributed by atoms with Gasteiger partial charge >= 0.3 is 12.1 Å². The number of Topliss-reactive ketones (excluding diaryl/α,β-unsaturated/α-hetero) is 1. The lowest BCUT2D eigenvalue weighted by Crippen LogP contribution is -2.38. The first-order chi connectivity index (χ1) is 18.4. The average molecular weight is 544 g/mol. The minimum absolute atomic E-state index is 0.00148. The molecular weight excluding hydrogens is 515 g/mol. The molecule has 3 aliphatic rings. The quantitative estimate of drug-likeness (QED) is 0.444. The monoisotopic (exact) mass is 543 g/mol. The van der Waals surface area contributed by atoms with Gasteiger partial charge in [-0.2, -0.15) is 0 Å². The molecule has 0 radical (unpaired) electrons. The van der Waals surface area contributed by atoms with Gasteiger partial charge in [-0.15, -0.1) is 0 Å². The highest BCUT2D eigenvalue weighted by atomic mass is 19.1. The van der Waals surface area contributed by atoms with Crippen LogP contribution in [0.25, 0.3) is 0 Å². The minimum Gasteiger partial charge on any atom is -0.462 e. The summed E-state index contributed by atoms with van der Waals surface area (Å²) in [5.41, 5.74) is -1.16. The summed E-state index contributed by atoms with van der Waals surface area (Å²) in [5.74, 6) is -5.12. The molecule has 1 aromatic heterocycles. The molecular formula is C28H28F3N3O5. The number of benzene rings is 1. The fourth-order valence-corrected chi connectivity index (χ4v) is 5.32. The Balaban J connectivity index is 1.44. The molecule has 206 valence electrons. The van der Waals surface area contributed by atoms with Crippen molar-refractivity contribution in [1.82, 2.24) is 10.3 Å². The number of aromatic nitrogens is 1. The molecule has 1 aromatic carbocycles. The van der Waals surface area contributed by atoms with E-state index in [0.29, 0.717) is 19.2 Å². The molecule has 0 spiro atoms. The number of amides is 1. The molecule has 4 atom stereocenters. The number of ether oxygens (including phenoxy) is 2. The number of piperidine rings is 1. The average Bonchev–Trinajstić information content (AvgIpc) is 3.26. The van der Waals surface area contributed by atoms with Crippen molar-refractivity contribution in [3.05, 3.63) is 70.2 Å². The minimum atomic E-state index is -1.06. The standard InChI is InChI=1S/C28H28F3N3O5/c1-5-38-26(36)17-9-15(14-7-6-13(29)8-20(14)30)22-16(24(17)35)10-21(31)25(32-22)34-11-18-19(12-34)23(18)33-27(37)39-28(2,3)4/h6-10,15,18-19,23H,5,11-12H2,1-4H3,(H,33,37)/t15?,18-,19+,23?. The summed E-state index contributed by atoms with van der Waals surface area (Å²) in [6, 6.07) is 3.86. The maximum Gasteiger partial charge on any atom is 0.407 e. The zero-order valence-electron chi connectivity index (χ0n) is 21.9. The number of anilines is 1. The molecule has 39 heavy (non-hydrogen) atoms. The van der Waals surface area contributed by atoms with E-state index in [0.717, 1.165) is 12.1 Å². The molecule has 8 nitrogen and oxygen atoms in total. The lowest BCUT2D eigenvalue weighted by molar-refractivity contribution is -0.138. The normalized spacial score (nSPS) is 23.5. The number of alkyl carbamates (subject to hydrolysis) is 1. The number of nitrogens with zero attached hydrogens (tertiary/aromatic N) is 2. The van der Waals surface area contributed by atoms with Gasteiger partial charge < -0.3 is 19.7 Å². The highest BCUT2D eigenvalue weighted by molar-refractivity contribution is 6.25. The molecule has 2 aromatic rings. The molecule has 2 aliphatic carbocycles. The van der Waals surface area contributed by atoms with Gasteiger partial charge in [0.15, 0.2) is 11.6 Å². The second kappa shape index (κ2) is 9.69. The number of allylic oxidation sites excluding steroid dienone is 1. The summed E-state index contributed by atoms with van der Waals surface area (Å²) >= 11 is 0. The summed E-state index contributed by atoms with van der Waals surface area (Å²) in [5, 5.41) is 2.85. The molecule has 11 heteroatoms. The lowest BCUT2D eigenvalue weighted by atomic mass is 9.82. The number of hydrogen-bond donors (Lipinski definition) is 1. The summed E-state index contributed by atoms with van der Waals surface area (Å²) in [6.07, 6.45) is 0.717. The Bertz CT molecular complexity index is 1390. The SMILES string of the molecule is CCOC(=O)C1=CC(c2ccc(F)cc2F)c2nc(N3C[C@@H]4C(NC(=O)OC(C)(C)C)[C@@H]4C3)c(F)cc2C1=O. The molecule has 1 aliphatic heterocycles. The zero-order valence-corrected chi connectivity index (χ0v) is 21.9. The van der Waals surface area contributed by atoms with Gasteiger partial charge in [-0.25, -0.2) is 27.7 Å². The van der Waals surface area contributed by atoms with Crippen molar-refractivity contribution in [2.75, 3.05) is 24.6 Å². The van der Waals surface area contributed by atoms with Crippen molar-refractivity contribution in [2.24, 2.45) is 11.8 Å². The van der Waals surface area contributed by atoms with E-state index in [-0.39, 0.29) is 52.7 Å². The number of carbonyl (C=O) groups excluding carboxylic acids is 3. The highest BCUT2D eigenvalue weighted by Gasteiger charge is 2.57. The van der Waals surface area contributed by atoms with Crippen molar-refractivity contribution in [2.45, 2.75) is 45.3 Å². The van der Waals surface area contributed by atoms with Gasteiger partial charge in [0, 0.05) is 54.1 Å². The van der Waals surface area contributed by atoms with Crippen LogP contribution in [0.5, 0.6) is 0 Å². The number of pyridine rings is 1. The Morgan fingerprint density at radius 3 is 2.41 bits per heavy atom. The fraction of sp³-hybridized carbons (Fsp3) is 0.429. The predicted molar refractivity (Wildman–Crippen MR) is 134 cm³/mol. The van der Waals surface area contributed by atoms with Crippen LogP contribution in [-0.2, 0) is 14.3 Å². The first kappa shape index (κ1) is 26.7. The van der Waals surface area contributed by atoms with Crippen molar-refractivity contribution >= 4 is 23.7 Å². The Morgan fingerprint density at radius 1 is 1.10 bits per heavy atom. The van der Waals surface area contributed by atoms with Crippen LogP contribution < -0.4 is 10.2 Å². The first-order valence-corrected chi connectivity index (χ1v) is 12.7. The Labute approximate surface area is 223 Å². The molecule has 0 bridgehead atoms. The first-order valence-electron chi connectivity index (χ1n) is 12.7. The molecule has 1 saturated carbocycles. The van der Waals surface area contributed by atoms with Gasteiger partial charge in [0.25, 0.3) is 0 Å². The summed E-state index contributed by atoms with van der Waals surface area (Å²) in [4.78, 5) is 43.9. The maximum absolute atomic E-state index is 15.4. The summed E-state index contributed by atoms with van der Waals surface area (Å²) < 4.78 is 54.2. The highest BCUT2D eigenvalue weighted by Crippen LogP contribution is 2.47. The van der Waals surface area contributed by atoms with Crippen molar-refractivity contribution in [3.8, 4) is 0 Å². The van der Waals surface area contributed by atoms with Crippen LogP contribution in [0.4, 0.5) is 23.8 Å². The van der Waals surface area contributed by atoms with Crippen LogP contribution in [0, 0.1) is 29.3 Å². The number of nitrogens with one attached hydrogen (secondary N) is 1. The topological polar surface area (TPSA) is 97.8 Å². The number of carbonyl (C=O) groups is 3. The number of rotatable bonds is 5. The molecule has 2 fully saturated rings. The van der Waals surface area contributed by atoms with Crippen LogP contribution in [0.3, 0.4) is 0 Å². The van der Waals surface area contributed by atoms with Crippen molar-refractivity contribution < 1.29 is 37.0 Å². The van der Waals surface area contributed by atoms with Gasteiger partial charge in [0.05, 0.1) is 12.3 Å². The van der Waals surface area contributed by atoms with Gasteiger partial charge in [-0.1, -0.05) is 12.1 Å². The predicted octanol–water partition coefficient (Wildman–Crippen LogP) is 4.28. The molecule has 5 rings (SSSR count). The van der Waals surface area contributed by atoms with E-state index in [1.165, 1.54) is 12.1 Å². The number of halogens is 3. The smallest absolute Gasteiger partial charge is 0.407 e. The third-order valence-electron chi connectivity index (χ3n) is 7.07. The van der Waals surface area contributed by atoms with E-state index in [4.69, 9.17) is 9.47 Å². The lowest BCUT2D eigenvalue weighted by Gasteiger charge is -2.27. The largest absolute Gasteiger partial charge is 0.462 e. The Morgan fingerprint density at radius 2 is 1.79 bits per heavy atom. The Kier molecular flexibility index (Phi) is 6.64.